The molecule has 0 saturated carbocycles. The van der Waals surface area contributed by atoms with Crippen LogP contribution in [-0.2, 0) is 0 Å². The first kappa shape index (κ1) is 17.4. The van der Waals surface area contributed by atoms with Gasteiger partial charge >= 0.3 is 5.69 Å². The summed E-state index contributed by atoms with van der Waals surface area (Å²) in [4.78, 5) is 19.9. The van der Waals surface area contributed by atoms with Gasteiger partial charge in [-0.05, 0) is 31.0 Å². The van der Waals surface area contributed by atoms with Crippen molar-refractivity contribution in [3.05, 3.63) is 40.1 Å². The minimum absolute atomic E-state index is 0.103. The molecule has 0 unspecified atom stereocenters. The Morgan fingerprint density at radius 1 is 1.42 bits per heavy atom. The van der Waals surface area contributed by atoms with E-state index in [9.17, 15) is 20.5 Å². The summed E-state index contributed by atoms with van der Waals surface area (Å²) in [6.07, 6.45) is 2.08. The molecule has 10 nitrogen and oxygen atoms in total. The fourth-order valence-electron chi connectivity index (χ4n) is 2.80. The van der Waals surface area contributed by atoms with Gasteiger partial charge < -0.3 is 21.1 Å². The average molecular weight is 355 g/mol. The summed E-state index contributed by atoms with van der Waals surface area (Å²) in [7, 11) is 0. The van der Waals surface area contributed by atoms with Gasteiger partial charge in [0.05, 0.1) is 22.3 Å². The third-order valence-electron chi connectivity index (χ3n) is 4.17. The first-order valence-corrected chi connectivity index (χ1v) is 7.99. The summed E-state index contributed by atoms with van der Waals surface area (Å²) in [6.45, 7) is 1.37. The number of anilines is 4. The van der Waals surface area contributed by atoms with Gasteiger partial charge in [0.1, 0.15) is 12.3 Å². The number of nitrogen functional groups attached to an aromatic ring is 1. The fraction of sp³-hybridized carbons (Fsp3) is 0.312. The van der Waals surface area contributed by atoms with Gasteiger partial charge in [-0.3, -0.25) is 10.1 Å². The molecule has 1 aromatic carbocycles. The number of nitrogens with zero attached hydrogens (tertiary/aromatic N) is 5. The molecule has 0 radical (unpaired) electrons. The minimum atomic E-state index is -0.656. The van der Waals surface area contributed by atoms with E-state index < -0.39 is 4.92 Å². The highest BCUT2D eigenvalue weighted by molar-refractivity contribution is 5.68. The molecule has 0 amide bonds. The van der Waals surface area contributed by atoms with E-state index in [0.717, 1.165) is 11.9 Å². The van der Waals surface area contributed by atoms with Gasteiger partial charge in [0.2, 0.25) is 11.8 Å². The van der Waals surface area contributed by atoms with Crippen LogP contribution in [0.4, 0.5) is 28.8 Å². The molecule has 0 atom stereocenters. The number of nitro groups is 1. The van der Waals surface area contributed by atoms with Crippen LogP contribution in [0.1, 0.15) is 18.4 Å². The monoisotopic (exact) mass is 355 g/mol. The largest absolute Gasteiger partial charge is 0.393 e. The fourth-order valence-corrected chi connectivity index (χ4v) is 2.80. The maximum Gasteiger partial charge on any atom is 0.329 e. The number of aromatic nitrogens is 2. The van der Waals surface area contributed by atoms with Crippen molar-refractivity contribution < 1.29 is 10.0 Å². The number of nitrogens with two attached hydrogens (primary N) is 1. The summed E-state index contributed by atoms with van der Waals surface area (Å²) < 4.78 is 0. The second kappa shape index (κ2) is 7.20. The first-order chi connectivity index (χ1) is 12.5. The quantitative estimate of drug-likeness (QED) is 0.547. The highest BCUT2D eigenvalue weighted by Gasteiger charge is 2.20. The Labute approximate surface area is 149 Å². The van der Waals surface area contributed by atoms with Crippen LogP contribution in [0.5, 0.6) is 0 Å². The van der Waals surface area contributed by atoms with Crippen LogP contribution in [0.15, 0.2) is 24.4 Å². The number of aliphatic hydroxyl groups is 1. The van der Waals surface area contributed by atoms with Crippen molar-refractivity contribution >= 4 is 28.8 Å². The Bertz CT molecular complexity index is 873. The first-order valence-electron chi connectivity index (χ1n) is 7.99. The maximum atomic E-state index is 10.8. The normalized spacial score (nSPS) is 14.7. The number of hydrogen-bond donors (Lipinski definition) is 3. The average Bonchev–Trinajstić information content (AvgIpc) is 2.62. The Hall–Kier alpha value is -3.45. The van der Waals surface area contributed by atoms with Gasteiger partial charge in [0, 0.05) is 18.8 Å². The predicted molar refractivity (Wildman–Crippen MR) is 95.0 cm³/mol. The molecule has 10 heteroatoms. The summed E-state index contributed by atoms with van der Waals surface area (Å²) >= 11 is 0. The summed E-state index contributed by atoms with van der Waals surface area (Å²) in [5.41, 5.74) is 7.03. The summed E-state index contributed by atoms with van der Waals surface area (Å²) in [5, 5.41) is 32.7. The molecular weight excluding hydrogens is 338 g/mol. The molecule has 3 rings (SSSR count). The Balaban J connectivity index is 1.80. The molecule has 4 N–H and O–H groups in total. The van der Waals surface area contributed by atoms with E-state index in [-0.39, 0.29) is 23.6 Å². The topological polar surface area (TPSA) is 154 Å². The minimum Gasteiger partial charge on any atom is -0.393 e. The standard InChI is InChI=1S/C16H17N7O3/c17-8-10-7-11(1-2-13(10)22-5-3-12(24)4-6-22)20-16-19-9-14(23(25)26)15(18)21-16/h1-2,7,9,12,24H,3-6H2,(H3,18,19,20,21). The van der Waals surface area contributed by atoms with Crippen molar-refractivity contribution in [1.82, 2.24) is 9.97 Å². The number of piperidine rings is 1. The second-order valence-corrected chi connectivity index (χ2v) is 5.91. The Kier molecular flexibility index (Phi) is 4.81. The zero-order valence-electron chi connectivity index (χ0n) is 13.8. The lowest BCUT2D eigenvalue weighted by molar-refractivity contribution is -0.384. The van der Waals surface area contributed by atoms with E-state index in [1.165, 1.54) is 0 Å². The van der Waals surface area contributed by atoms with Crippen LogP contribution in [0.2, 0.25) is 0 Å². The highest BCUT2D eigenvalue weighted by Crippen LogP contribution is 2.28. The molecule has 0 spiro atoms. The third kappa shape index (κ3) is 3.62. The molecule has 2 heterocycles. The van der Waals surface area contributed by atoms with Gasteiger partial charge in [-0.25, -0.2) is 4.98 Å². The van der Waals surface area contributed by atoms with Crippen LogP contribution < -0.4 is 16.0 Å². The van der Waals surface area contributed by atoms with Gasteiger partial charge in [-0.2, -0.15) is 10.2 Å². The van der Waals surface area contributed by atoms with E-state index >= 15 is 0 Å². The van der Waals surface area contributed by atoms with E-state index in [4.69, 9.17) is 5.73 Å². The van der Waals surface area contributed by atoms with Crippen molar-refractivity contribution in [3.8, 4) is 6.07 Å². The van der Waals surface area contributed by atoms with Crippen LogP contribution in [0, 0.1) is 21.4 Å². The molecule has 1 aliphatic rings. The van der Waals surface area contributed by atoms with Gasteiger partial charge in [-0.15, -0.1) is 0 Å². The molecule has 0 bridgehead atoms. The Morgan fingerprint density at radius 3 is 2.77 bits per heavy atom. The van der Waals surface area contributed by atoms with Crippen LogP contribution >= 0.6 is 0 Å². The molecule has 26 heavy (non-hydrogen) atoms. The number of benzene rings is 1. The number of aliphatic hydroxyl groups excluding tert-OH is 1. The molecule has 1 aromatic heterocycles. The lowest BCUT2D eigenvalue weighted by atomic mass is 10.1. The Morgan fingerprint density at radius 2 is 2.15 bits per heavy atom. The van der Waals surface area contributed by atoms with Crippen molar-refractivity contribution in [2.75, 3.05) is 29.0 Å². The zero-order chi connectivity index (χ0) is 18.7. The lowest BCUT2D eigenvalue weighted by Crippen LogP contribution is -2.36. The number of hydrogen-bond acceptors (Lipinski definition) is 9. The highest BCUT2D eigenvalue weighted by atomic mass is 16.6. The number of nitriles is 1. The zero-order valence-corrected chi connectivity index (χ0v) is 13.8. The molecule has 0 aliphatic carbocycles. The summed E-state index contributed by atoms with van der Waals surface area (Å²) in [6, 6.07) is 7.40. The molecule has 134 valence electrons. The maximum absolute atomic E-state index is 10.8. The van der Waals surface area contributed by atoms with Crippen LogP contribution in [0.3, 0.4) is 0 Å². The molecule has 1 saturated heterocycles. The van der Waals surface area contributed by atoms with Gasteiger partial charge in [0.25, 0.3) is 0 Å². The van der Waals surface area contributed by atoms with Crippen molar-refractivity contribution in [3.63, 3.8) is 0 Å². The molecule has 2 aromatic rings. The molecule has 1 fully saturated rings. The second-order valence-electron chi connectivity index (χ2n) is 5.91. The predicted octanol–water partition coefficient (Wildman–Crippen LogP) is 1.54. The van der Waals surface area contributed by atoms with Crippen LogP contribution in [0.25, 0.3) is 0 Å². The smallest absolute Gasteiger partial charge is 0.329 e. The summed E-state index contributed by atoms with van der Waals surface area (Å²) in [5.74, 6) is -0.137. The molecular formula is C16H17N7O3. The number of rotatable bonds is 4. The third-order valence-corrected chi connectivity index (χ3v) is 4.17. The lowest BCUT2D eigenvalue weighted by Gasteiger charge is -2.32. The van der Waals surface area contributed by atoms with E-state index in [1.54, 1.807) is 12.1 Å². The van der Waals surface area contributed by atoms with Gasteiger partial charge in [0.15, 0.2) is 0 Å². The van der Waals surface area contributed by atoms with E-state index in [1.807, 2.05) is 6.07 Å². The molecule has 1 aliphatic heterocycles. The van der Waals surface area contributed by atoms with Crippen LogP contribution in [-0.4, -0.2) is 39.2 Å². The van der Waals surface area contributed by atoms with Crippen molar-refractivity contribution in [1.29, 1.82) is 5.26 Å². The van der Waals surface area contributed by atoms with Crippen molar-refractivity contribution in [2.24, 2.45) is 0 Å². The van der Waals surface area contributed by atoms with E-state index in [0.29, 0.717) is 37.2 Å². The number of nitrogens with one attached hydrogen (secondary N) is 1. The van der Waals surface area contributed by atoms with Gasteiger partial charge in [-0.1, -0.05) is 0 Å². The SMILES string of the molecule is N#Cc1cc(Nc2ncc([N+](=O)[O-])c(N)n2)ccc1N1CCC(O)CC1. The van der Waals surface area contributed by atoms with E-state index in [2.05, 4.69) is 26.3 Å². The van der Waals surface area contributed by atoms with Crippen molar-refractivity contribution in [2.45, 2.75) is 18.9 Å².